The number of amides is 1. The van der Waals surface area contributed by atoms with Crippen LogP contribution in [0.25, 0.3) is 0 Å². The van der Waals surface area contributed by atoms with Crippen LogP contribution in [0.4, 0.5) is 5.69 Å². The van der Waals surface area contributed by atoms with E-state index in [-0.39, 0.29) is 23.8 Å². The lowest BCUT2D eigenvalue weighted by atomic mass is 10.1. The van der Waals surface area contributed by atoms with Crippen molar-refractivity contribution in [2.24, 2.45) is 0 Å². The van der Waals surface area contributed by atoms with E-state index in [1.165, 1.54) is 6.92 Å². The molecule has 0 fully saturated rings. The smallest absolute Gasteiger partial charge is 0.338 e. The third-order valence-corrected chi connectivity index (χ3v) is 6.40. The van der Waals surface area contributed by atoms with Gasteiger partial charge in [-0.05, 0) is 48.9 Å². The number of ether oxygens (including phenoxy) is 1. The lowest BCUT2D eigenvalue weighted by Gasteiger charge is -2.19. The van der Waals surface area contributed by atoms with E-state index in [4.69, 9.17) is 4.74 Å². The molecule has 0 radical (unpaired) electrons. The monoisotopic (exact) mass is 466 g/mol. The van der Waals surface area contributed by atoms with Crippen LogP contribution in [0.3, 0.4) is 0 Å². The molecule has 3 aromatic rings. The molecule has 1 amide bonds. The Kier molecular flexibility index (Phi) is 7.97. The van der Waals surface area contributed by atoms with E-state index >= 15 is 0 Å². The van der Waals surface area contributed by atoms with Crippen molar-refractivity contribution in [1.82, 2.24) is 4.72 Å². The highest BCUT2D eigenvalue weighted by atomic mass is 32.2. The Labute approximate surface area is 193 Å². The number of sulfonamides is 1. The molecule has 0 saturated carbocycles. The SMILES string of the molecule is CC(=O)Nc1ccc(C(=O)OCC[C@H](NS(=O)(=O)c2ccc(C)cc2)c2ccccc2)cc1. The summed E-state index contributed by atoms with van der Waals surface area (Å²) in [6, 6.07) is 21.5. The molecule has 8 heteroatoms. The first-order valence-corrected chi connectivity index (χ1v) is 11.9. The van der Waals surface area contributed by atoms with Gasteiger partial charge in [0.25, 0.3) is 0 Å². The number of nitrogens with one attached hydrogen (secondary N) is 2. The number of hydrogen-bond acceptors (Lipinski definition) is 5. The predicted molar refractivity (Wildman–Crippen MR) is 126 cm³/mol. The van der Waals surface area contributed by atoms with E-state index in [2.05, 4.69) is 10.0 Å². The molecule has 7 nitrogen and oxygen atoms in total. The highest BCUT2D eigenvalue weighted by molar-refractivity contribution is 7.89. The molecular formula is C25H26N2O5S. The highest BCUT2D eigenvalue weighted by Gasteiger charge is 2.22. The Morgan fingerprint density at radius 3 is 2.15 bits per heavy atom. The third-order valence-electron chi connectivity index (χ3n) is 4.91. The van der Waals surface area contributed by atoms with Crippen molar-refractivity contribution in [3.05, 3.63) is 95.6 Å². The molecule has 0 aliphatic carbocycles. The zero-order valence-electron chi connectivity index (χ0n) is 18.4. The Balaban J connectivity index is 1.67. The first-order valence-electron chi connectivity index (χ1n) is 10.4. The molecule has 33 heavy (non-hydrogen) atoms. The van der Waals surface area contributed by atoms with Crippen molar-refractivity contribution in [3.63, 3.8) is 0 Å². The lowest BCUT2D eigenvalue weighted by Crippen LogP contribution is -2.29. The molecule has 0 aliphatic heterocycles. The molecule has 0 saturated heterocycles. The molecule has 0 heterocycles. The van der Waals surface area contributed by atoms with Crippen LogP contribution >= 0.6 is 0 Å². The summed E-state index contributed by atoms with van der Waals surface area (Å²) >= 11 is 0. The fourth-order valence-electron chi connectivity index (χ4n) is 3.20. The predicted octanol–water partition coefficient (Wildman–Crippen LogP) is 4.22. The topological polar surface area (TPSA) is 102 Å². The summed E-state index contributed by atoms with van der Waals surface area (Å²) in [6.45, 7) is 3.30. The van der Waals surface area contributed by atoms with E-state index in [1.54, 1.807) is 48.5 Å². The lowest BCUT2D eigenvalue weighted by molar-refractivity contribution is -0.114. The second-order valence-corrected chi connectivity index (χ2v) is 9.29. The number of aryl methyl sites for hydroxylation is 1. The number of carbonyl (C=O) groups is 2. The van der Waals surface area contributed by atoms with Gasteiger partial charge in [-0.1, -0.05) is 48.0 Å². The third kappa shape index (κ3) is 7.00. The number of hydrogen-bond donors (Lipinski definition) is 2. The molecule has 1 atom stereocenters. The standard InChI is InChI=1S/C25H26N2O5S/c1-18-8-14-23(15-9-18)33(30,31)27-24(20-6-4-3-5-7-20)16-17-32-25(29)21-10-12-22(13-11-21)26-19(2)28/h3-15,24,27H,16-17H2,1-2H3,(H,26,28)/t24-/m0/s1. The Morgan fingerprint density at radius 2 is 1.55 bits per heavy atom. The molecule has 3 rings (SSSR count). The van der Waals surface area contributed by atoms with Gasteiger partial charge in [-0.2, -0.15) is 0 Å². The van der Waals surface area contributed by atoms with Gasteiger partial charge in [-0.15, -0.1) is 0 Å². The van der Waals surface area contributed by atoms with Crippen molar-refractivity contribution in [2.75, 3.05) is 11.9 Å². The average molecular weight is 467 g/mol. The minimum Gasteiger partial charge on any atom is -0.462 e. The normalized spacial score (nSPS) is 12.1. The largest absolute Gasteiger partial charge is 0.462 e. The van der Waals surface area contributed by atoms with Crippen LogP contribution in [0.5, 0.6) is 0 Å². The van der Waals surface area contributed by atoms with Crippen molar-refractivity contribution in [1.29, 1.82) is 0 Å². The van der Waals surface area contributed by atoms with Crippen molar-refractivity contribution in [3.8, 4) is 0 Å². The number of esters is 1. The van der Waals surface area contributed by atoms with Gasteiger partial charge < -0.3 is 10.1 Å². The molecule has 3 aromatic carbocycles. The number of anilines is 1. The van der Waals surface area contributed by atoms with Gasteiger partial charge in [0.1, 0.15) is 0 Å². The van der Waals surface area contributed by atoms with Crippen LogP contribution in [-0.2, 0) is 19.6 Å². The van der Waals surface area contributed by atoms with Crippen LogP contribution in [0.15, 0.2) is 83.8 Å². The van der Waals surface area contributed by atoms with Crippen molar-refractivity contribution >= 4 is 27.6 Å². The Hall–Kier alpha value is -3.49. The van der Waals surface area contributed by atoms with Crippen LogP contribution in [0, 0.1) is 6.92 Å². The van der Waals surface area contributed by atoms with Crippen LogP contribution in [-0.4, -0.2) is 26.9 Å². The summed E-state index contributed by atoms with van der Waals surface area (Å²) < 4.78 is 33.9. The molecular weight excluding hydrogens is 440 g/mol. The van der Waals surface area contributed by atoms with E-state index in [0.717, 1.165) is 11.1 Å². The van der Waals surface area contributed by atoms with E-state index in [0.29, 0.717) is 11.3 Å². The van der Waals surface area contributed by atoms with Gasteiger partial charge in [0, 0.05) is 19.0 Å². The number of rotatable bonds is 9. The number of benzene rings is 3. The zero-order chi connectivity index (χ0) is 23.8. The summed E-state index contributed by atoms with van der Waals surface area (Å²) in [5.74, 6) is -0.733. The molecule has 0 aliphatic rings. The fraction of sp³-hybridized carbons (Fsp3) is 0.200. The first-order chi connectivity index (χ1) is 15.7. The van der Waals surface area contributed by atoms with Gasteiger partial charge in [0.15, 0.2) is 0 Å². The molecule has 2 N–H and O–H groups in total. The van der Waals surface area contributed by atoms with E-state index in [9.17, 15) is 18.0 Å². The summed E-state index contributed by atoms with van der Waals surface area (Å²) in [4.78, 5) is 23.7. The maximum atomic E-state index is 12.9. The second-order valence-electron chi connectivity index (χ2n) is 7.58. The molecule has 172 valence electrons. The minimum absolute atomic E-state index is 0.0161. The summed E-state index contributed by atoms with van der Waals surface area (Å²) in [5, 5.41) is 2.63. The highest BCUT2D eigenvalue weighted by Crippen LogP contribution is 2.21. The second kappa shape index (κ2) is 10.9. The van der Waals surface area contributed by atoms with Crippen LogP contribution < -0.4 is 10.0 Å². The summed E-state index contributed by atoms with van der Waals surface area (Å²) in [5.41, 5.74) is 2.64. The maximum Gasteiger partial charge on any atom is 0.338 e. The van der Waals surface area contributed by atoms with Gasteiger partial charge >= 0.3 is 5.97 Å². The quantitative estimate of drug-likeness (QED) is 0.460. The molecule has 0 aromatic heterocycles. The molecule has 0 spiro atoms. The summed E-state index contributed by atoms with van der Waals surface area (Å²) in [7, 11) is -3.77. The Bertz CT molecular complexity index is 1190. The van der Waals surface area contributed by atoms with Crippen LogP contribution in [0.2, 0.25) is 0 Å². The molecule has 0 unspecified atom stereocenters. The van der Waals surface area contributed by atoms with E-state index in [1.807, 2.05) is 37.3 Å². The van der Waals surface area contributed by atoms with E-state index < -0.39 is 22.0 Å². The van der Waals surface area contributed by atoms with Gasteiger partial charge in [-0.25, -0.2) is 17.9 Å². The average Bonchev–Trinajstić information content (AvgIpc) is 2.79. The van der Waals surface area contributed by atoms with Crippen molar-refractivity contribution < 1.29 is 22.7 Å². The first kappa shape index (κ1) is 24.2. The zero-order valence-corrected chi connectivity index (χ0v) is 19.3. The van der Waals surface area contributed by atoms with Crippen molar-refractivity contribution in [2.45, 2.75) is 31.2 Å². The maximum absolute atomic E-state index is 12.9. The van der Waals surface area contributed by atoms with Crippen LogP contribution in [0.1, 0.15) is 40.9 Å². The van der Waals surface area contributed by atoms with Gasteiger partial charge in [-0.3, -0.25) is 4.79 Å². The summed E-state index contributed by atoms with van der Waals surface area (Å²) in [6.07, 6.45) is 0.255. The number of carbonyl (C=O) groups excluding carboxylic acids is 2. The Morgan fingerprint density at radius 1 is 0.909 bits per heavy atom. The van der Waals surface area contributed by atoms with Gasteiger partial charge in [0.05, 0.1) is 23.1 Å². The molecule has 0 bridgehead atoms. The van der Waals surface area contributed by atoms with Gasteiger partial charge in [0.2, 0.25) is 15.9 Å². The fourth-order valence-corrected chi connectivity index (χ4v) is 4.46. The minimum atomic E-state index is -3.77.